The maximum absolute atomic E-state index is 12.5. The minimum absolute atomic E-state index is 0.237. The summed E-state index contributed by atoms with van der Waals surface area (Å²) in [7, 11) is 2.99. The second-order valence-electron chi connectivity index (χ2n) is 5.85. The van der Waals surface area contributed by atoms with Gasteiger partial charge in [-0.25, -0.2) is 0 Å². The minimum atomic E-state index is -0.237. The van der Waals surface area contributed by atoms with Gasteiger partial charge in [0.05, 0.1) is 32.5 Å². The van der Waals surface area contributed by atoms with E-state index in [4.69, 9.17) is 30.5 Å². The molecule has 0 aliphatic heterocycles. The number of ether oxygens (including phenoxy) is 4. The minimum Gasteiger partial charge on any atom is -0.493 e. The van der Waals surface area contributed by atoms with Gasteiger partial charge in [0.15, 0.2) is 23.0 Å². The highest BCUT2D eigenvalue weighted by molar-refractivity contribution is 6.32. The molecule has 0 radical (unpaired) electrons. The Kier molecular flexibility index (Phi) is 8.26. The zero-order valence-electron chi connectivity index (χ0n) is 16.6. The Morgan fingerprint density at radius 2 is 1.68 bits per heavy atom. The van der Waals surface area contributed by atoms with Gasteiger partial charge in [-0.3, -0.25) is 4.79 Å². The fourth-order valence-corrected chi connectivity index (χ4v) is 3.01. The number of rotatable bonds is 10. The number of nitrogens with one attached hydrogen (secondary N) is 1. The van der Waals surface area contributed by atoms with Gasteiger partial charge in [0, 0.05) is 12.1 Å². The lowest BCUT2D eigenvalue weighted by Crippen LogP contribution is -2.25. The Bertz CT molecular complexity index is 810. The van der Waals surface area contributed by atoms with Crippen LogP contribution < -0.4 is 24.3 Å². The van der Waals surface area contributed by atoms with Gasteiger partial charge in [-0.2, -0.15) is 0 Å². The number of carbonyl (C=O) groups is 1. The fourth-order valence-electron chi connectivity index (χ4n) is 2.72. The average Bonchev–Trinajstić information content (AvgIpc) is 2.69. The molecule has 0 spiro atoms. The molecule has 2 rings (SSSR count). The first kappa shape index (κ1) is 21.7. The summed E-state index contributed by atoms with van der Waals surface area (Å²) in [4.78, 5) is 12.5. The van der Waals surface area contributed by atoms with Crippen molar-refractivity contribution in [2.45, 2.75) is 20.3 Å². The maximum Gasteiger partial charge on any atom is 0.251 e. The predicted molar refractivity (Wildman–Crippen MR) is 109 cm³/mol. The third-order valence-corrected chi connectivity index (χ3v) is 4.28. The van der Waals surface area contributed by atoms with Crippen molar-refractivity contribution in [2.75, 3.05) is 34.0 Å². The van der Waals surface area contributed by atoms with Gasteiger partial charge in [0.25, 0.3) is 5.91 Å². The first-order chi connectivity index (χ1) is 13.5. The molecular formula is C21H26ClNO5. The van der Waals surface area contributed by atoms with Crippen LogP contribution in [0.3, 0.4) is 0 Å². The first-order valence-corrected chi connectivity index (χ1v) is 9.50. The Balaban J connectivity index is 2.02. The van der Waals surface area contributed by atoms with Gasteiger partial charge in [-0.15, -0.1) is 0 Å². The van der Waals surface area contributed by atoms with Crippen molar-refractivity contribution < 1.29 is 23.7 Å². The Morgan fingerprint density at radius 3 is 2.32 bits per heavy atom. The fraction of sp³-hybridized carbons (Fsp3) is 0.381. The topological polar surface area (TPSA) is 66.0 Å². The summed E-state index contributed by atoms with van der Waals surface area (Å²) in [5.74, 6) is 2.00. The molecule has 0 aliphatic carbocycles. The molecule has 6 nitrogen and oxygen atoms in total. The van der Waals surface area contributed by atoms with Gasteiger partial charge >= 0.3 is 0 Å². The Hall–Kier alpha value is -2.60. The number of amides is 1. The lowest BCUT2D eigenvalue weighted by atomic mass is 10.1. The summed E-state index contributed by atoms with van der Waals surface area (Å²) in [6, 6.07) is 8.95. The van der Waals surface area contributed by atoms with Crippen molar-refractivity contribution in [3.63, 3.8) is 0 Å². The highest BCUT2D eigenvalue weighted by atomic mass is 35.5. The number of hydrogen-bond acceptors (Lipinski definition) is 5. The number of benzene rings is 2. The molecule has 0 aromatic heterocycles. The molecule has 0 atom stereocenters. The monoisotopic (exact) mass is 407 g/mol. The third-order valence-electron chi connectivity index (χ3n) is 4.00. The highest BCUT2D eigenvalue weighted by Gasteiger charge is 2.15. The van der Waals surface area contributed by atoms with E-state index in [0.29, 0.717) is 54.0 Å². The quantitative estimate of drug-likeness (QED) is 0.641. The largest absolute Gasteiger partial charge is 0.493 e. The summed E-state index contributed by atoms with van der Waals surface area (Å²) < 4.78 is 21.6. The van der Waals surface area contributed by atoms with Crippen LogP contribution in [0.1, 0.15) is 29.8 Å². The van der Waals surface area contributed by atoms with Gasteiger partial charge in [0.2, 0.25) is 0 Å². The molecule has 2 aromatic rings. The summed E-state index contributed by atoms with van der Waals surface area (Å²) in [5.41, 5.74) is 1.45. The zero-order valence-corrected chi connectivity index (χ0v) is 17.4. The molecule has 1 N–H and O–H groups in total. The van der Waals surface area contributed by atoms with Crippen LogP contribution in [0.4, 0.5) is 0 Å². The lowest BCUT2D eigenvalue weighted by molar-refractivity contribution is 0.0953. The zero-order chi connectivity index (χ0) is 20.5. The molecule has 152 valence electrons. The van der Waals surface area contributed by atoms with E-state index in [2.05, 4.69) is 5.32 Å². The van der Waals surface area contributed by atoms with Crippen LogP contribution in [0.25, 0.3) is 0 Å². The van der Waals surface area contributed by atoms with E-state index >= 15 is 0 Å². The van der Waals surface area contributed by atoms with Crippen molar-refractivity contribution in [3.8, 4) is 23.0 Å². The predicted octanol–water partition coefficient (Wildman–Crippen LogP) is 4.13. The number of halogens is 1. The van der Waals surface area contributed by atoms with Crippen LogP contribution in [0, 0.1) is 0 Å². The van der Waals surface area contributed by atoms with Gasteiger partial charge in [0.1, 0.15) is 0 Å². The average molecular weight is 408 g/mol. The summed E-state index contributed by atoms with van der Waals surface area (Å²) in [6.07, 6.45) is 0.652. The van der Waals surface area contributed by atoms with Gasteiger partial charge in [-0.05, 0) is 50.1 Å². The number of hydrogen-bond donors (Lipinski definition) is 1. The van der Waals surface area contributed by atoms with Crippen molar-refractivity contribution in [1.82, 2.24) is 5.32 Å². The molecule has 0 aliphatic rings. The normalized spacial score (nSPS) is 10.3. The van der Waals surface area contributed by atoms with Crippen molar-refractivity contribution >= 4 is 17.5 Å². The molecule has 0 bridgehead atoms. The van der Waals surface area contributed by atoms with E-state index in [-0.39, 0.29) is 5.91 Å². The summed E-state index contributed by atoms with van der Waals surface area (Å²) in [5, 5.41) is 3.21. The lowest BCUT2D eigenvalue weighted by Gasteiger charge is -2.13. The molecule has 28 heavy (non-hydrogen) atoms. The van der Waals surface area contributed by atoms with E-state index in [0.717, 1.165) is 11.3 Å². The second kappa shape index (κ2) is 10.7. The van der Waals surface area contributed by atoms with Gasteiger partial charge < -0.3 is 24.3 Å². The van der Waals surface area contributed by atoms with Crippen LogP contribution in [0.15, 0.2) is 30.3 Å². The molecule has 7 heteroatoms. The maximum atomic E-state index is 12.5. The molecule has 0 unspecified atom stereocenters. The third kappa shape index (κ3) is 5.45. The van der Waals surface area contributed by atoms with Crippen molar-refractivity contribution in [1.29, 1.82) is 0 Å². The molecule has 0 heterocycles. The van der Waals surface area contributed by atoms with E-state index in [9.17, 15) is 4.79 Å². The molecule has 1 amide bonds. The number of methoxy groups -OCH3 is 2. The van der Waals surface area contributed by atoms with Crippen LogP contribution in [-0.2, 0) is 6.42 Å². The second-order valence-corrected chi connectivity index (χ2v) is 6.25. The van der Waals surface area contributed by atoms with E-state index < -0.39 is 0 Å². The van der Waals surface area contributed by atoms with Crippen LogP contribution >= 0.6 is 11.6 Å². The Labute approximate surface area is 170 Å². The van der Waals surface area contributed by atoms with Crippen LogP contribution in [0.5, 0.6) is 23.0 Å². The van der Waals surface area contributed by atoms with E-state index in [1.165, 1.54) is 14.2 Å². The summed E-state index contributed by atoms with van der Waals surface area (Å²) in [6.45, 7) is 5.45. The highest BCUT2D eigenvalue weighted by Crippen LogP contribution is 2.36. The first-order valence-electron chi connectivity index (χ1n) is 9.12. The SMILES string of the molecule is CCOc1ccc(CCNC(=O)c2cc(Cl)c(OC)c(OC)c2)cc1OCC. The number of carbonyl (C=O) groups excluding carboxylic acids is 1. The van der Waals surface area contributed by atoms with Gasteiger partial charge in [-0.1, -0.05) is 17.7 Å². The van der Waals surface area contributed by atoms with Crippen LogP contribution in [0.2, 0.25) is 5.02 Å². The molecule has 0 fully saturated rings. The smallest absolute Gasteiger partial charge is 0.251 e. The van der Waals surface area contributed by atoms with Crippen molar-refractivity contribution in [3.05, 3.63) is 46.5 Å². The molecule has 0 saturated heterocycles. The van der Waals surface area contributed by atoms with E-state index in [1.54, 1.807) is 12.1 Å². The molecular weight excluding hydrogens is 382 g/mol. The molecule has 0 saturated carbocycles. The van der Waals surface area contributed by atoms with Crippen LogP contribution in [-0.4, -0.2) is 39.9 Å². The standard InChI is InChI=1S/C21H26ClNO5/c1-5-27-17-8-7-14(11-18(17)28-6-2)9-10-23-21(24)15-12-16(22)20(26-4)19(13-15)25-3/h7-8,11-13H,5-6,9-10H2,1-4H3,(H,23,24). The molecule has 2 aromatic carbocycles. The Morgan fingerprint density at radius 1 is 0.964 bits per heavy atom. The summed E-state index contributed by atoms with van der Waals surface area (Å²) >= 11 is 6.16. The van der Waals surface area contributed by atoms with Crippen molar-refractivity contribution in [2.24, 2.45) is 0 Å². The van der Waals surface area contributed by atoms with E-state index in [1.807, 2.05) is 32.0 Å².